The van der Waals surface area contributed by atoms with E-state index in [1.165, 1.54) is 5.69 Å². The molecule has 0 fully saturated rings. The van der Waals surface area contributed by atoms with Gasteiger partial charge >= 0.3 is 0 Å². The lowest BCUT2D eigenvalue weighted by Crippen LogP contribution is -2.08. The first-order chi connectivity index (χ1) is 13.2. The van der Waals surface area contributed by atoms with E-state index in [4.69, 9.17) is 9.97 Å². The summed E-state index contributed by atoms with van der Waals surface area (Å²) in [5.41, 5.74) is 6.20. The summed E-state index contributed by atoms with van der Waals surface area (Å²) >= 11 is 0. The molecule has 27 heavy (non-hydrogen) atoms. The van der Waals surface area contributed by atoms with Crippen LogP contribution >= 0.6 is 0 Å². The van der Waals surface area contributed by atoms with E-state index in [0.717, 1.165) is 33.9 Å². The summed E-state index contributed by atoms with van der Waals surface area (Å²) < 4.78 is 0. The molecule has 4 aromatic rings. The molecule has 0 atom stereocenters. The minimum absolute atomic E-state index is 0.739. The van der Waals surface area contributed by atoms with Gasteiger partial charge in [0.1, 0.15) is 0 Å². The second-order valence-corrected chi connectivity index (χ2v) is 6.64. The number of benzene rings is 3. The van der Waals surface area contributed by atoms with Crippen LogP contribution < -0.4 is 4.90 Å². The summed E-state index contributed by atoms with van der Waals surface area (Å²) in [7, 11) is 4.08. The van der Waals surface area contributed by atoms with Crippen LogP contribution in [0.3, 0.4) is 0 Å². The molecule has 0 aliphatic carbocycles. The highest BCUT2D eigenvalue weighted by atomic mass is 15.1. The van der Waals surface area contributed by atoms with Gasteiger partial charge in [0.2, 0.25) is 0 Å². The van der Waals surface area contributed by atoms with Gasteiger partial charge in [-0.1, -0.05) is 72.8 Å². The quantitative estimate of drug-likeness (QED) is 0.483. The third-order valence-electron chi connectivity index (χ3n) is 4.51. The Morgan fingerprint density at radius 1 is 0.556 bits per heavy atom. The monoisotopic (exact) mass is 351 g/mol. The topological polar surface area (TPSA) is 29.0 Å². The van der Waals surface area contributed by atoms with Gasteiger partial charge in [-0.25, -0.2) is 9.97 Å². The molecule has 3 aromatic carbocycles. The van der Waals surface area contributed by atoms with Gasteiger partial charge in [0.25, 0.3) is 0 Å². The van der Waals surface area contributed by atoms with Crippen molar-refractivity contribution in [2.24, 2.45) is 0 Å². The summed E-state index contributed by atoms with van der Waals surface area (Å²) in [4.78, 5) is 11.8. The molecule has 0 unspecified atom stereocenters. The van der Waals surface area contributed by atoms with Crippen molar-refractivity contribution in [2.45, 2.75) is 0 Å². The Hall–Kier alpha value is -3.46. The molecule has 4 rings (SSSR count). The molecule has 0 aliphatic rings. The van der Waals surface area contributed by atoms with Crippen LogP contribution in [-0.4, -0.2) is 24.1 Å². The van der Waals surface area contributed by atoms with Gasteiger partial charge in [0.15, 0.2) is 5.82 Å². The Kier molecular flexibility index (Phi) is 4.67. The Balaban J connectivity index is 1.85. The lowest BCUT2D eigenvalue weighted by Gasteiger charge is -2.13. The second-order valence-electron chi connectivity index (χ2n) is 6.64. The molecule has 132 valence electrons. The Labute approximate surface area is 160 Å². The van der Waals surface area contributed by atoms with Crippen LogP contribution in [0.25, 0.3) is 33.9 Å². The van der Waals surface area contributed by atoms with E-state index in [2.05, 4.69) is 47.4 Å². The zero-order valence-corrected chi connectivity index (χ0v) is 15.5. The molecule has 0 radical (unpaired) electrons. The van der Waals surface area contributed by atoms with E-state index in [9.17, 15) is 0 Å². The van der Waals surface area contributed by atoms with Crippen LogP contribution in [0.4, 0.5) is 5.69 Å². The lowest BCUT2D eigenvalue weighted by atomic mass is 10.1. The number of hydrogen-bond donors (Lipinski definition) is 0. The first kappa shape index (κ1) is 17.0. The number of rotatable bonds is 4. The highest BCUT2D eigenvalue weighted by molar-refractivity contribution is 5.72. The minimum Gasteiger partial charge on any atom is -0.378 e. The van der Waals surface area contributed by atoms with Gasteiger partial charge in [-0.05, 0) is 18.2 Å². The molecular weight excluding hydrogens is 330 g/mol. The largest absolute Gasteiger partial charge is 0.378 e. The first-order valence-electron chi connectivity index (χ1n) is 8.98. The predicted molar refractivity (Wildman–Crippen MR) is 113 cm³/mol. The summed E-state index contributed by atoms with van der Waals surface area (Å²) in [5.74, 6) is 0.739. The second kappa shape index (κ2) is 7.42. The zero-order chi connectivity index (χ0) is 18.6. The molecule has 0 saturated carbocycles. The molecular formula is C24H21N3. The Bertz CT molecular complexity index is 966. The van der Waals surface area contributed by atoms with E-state index in [1.807, 2.05) is 62.6 Å². The summed E-state index contributed by atoms with van der Waals surface area (Å²) in [5, 5.41) is 0. The van der Waals surface area contributed by atoms with Crippen molar-refractivity contribution in [3.8, 4) is 33.9 Å². The van der Waals surface area contributed by atoms with E-state index >= 15 is 0 Å². The van der Waals surface area contributed by atoms with Gasteiger partial charge in [0.05, 0.1) is 11.4 Å². The summed E-state index contributed by atoms with van der Waals surface area (Å²) in [6.07, 6.45) is 0. The van der Waals surface area contributed by atoms with Crippen LogP contribution in [0.15, 0.2) is 91.0 Å². The predicted octanol–water partition coefficient (Wildman–Crippen LogP) is 5.54. The number of hydrogen-bond acceptors (Lipinski definition) is 3. The van der Waals surface area contributed by atoms with Crippen LogP contribution in [0, 0.1) is 0 Å². The normalized spacial score (nSPS) is 10.6. The highest BCUT2D eigenvalue weighted by Gasteiger charge is 2.10. The molecule has 0 aliphatic heterocycles. The summed E-state index contributed by atoms with van der Waals surface area (Å²) in [6, 6.07) is 30.9. The van der Waals surface area contributed by atoms with Crippen LogP contribution in [0.2, 0.25) is 0 Å². The van der Waals surface area contributed by atoms with Crippen molar-refractivity contribution in [1.29, 1.82) is 0 Å². The van der Waals surface area contributed by atoms with Crippen molar-refractivity contribution in [3.05, 3.63) is 91.0 Å². The fourth-order valence-corrected chi connectivity index (χ4v) is 3.00. The van der Waals surface area contributed by atoms with E-state index in [1.54, 1.807) is 0 Å². The number of anilines is 1. The van der Waals surface area contributed by atoms with Crippen LogP contribution in [-0.2, 0) is 0 Å². The Morgan fingerprint density at radius 2 is 1.04 bits per heavy atom. The zero-order valence-electron chi connectivity index (χ0n) is 15.5. The van der Waals surface area contributed by atoms with Crippen molar-refractivity contribution in [2.75, 3.05) is 19.0 Å². The molecule has 0 amide bonds. The van der Waals surface area contributed by atoms with Crippen molar-refractivity contribution in [3.63, 3.8) is 0 Å². The van der Waals surface area contributed by atoms with Crippen molar-refractivity contribution < 1.29 is 0 Å². The maximum absolute atomic E-state index is 4.85. The molecule has 0 saturated heterocycles. The van der Waals surface area contributed by atoms with E-state index in [-0.39, 0.29) is 0 Å². The maximum Gasteiger partial charge on any atom is 0.160 e. The summed E-state index contributed by atoms with van der Waals surface area (Å²) in [6.45, 7) is 0. The van der Waals surface area contributed by atoms with E-state index < -0.39 is 0 Å². The maximum atomic E-state index is 4.85. The fraction of sp³-hybridized carbons (Fsp3) is 0.0833. The Morgan fingerprint density at radius 3 is 1.56 bits per heavy atom. The molecule has 0 spiro atoms. The minimum atomic E-state index is 0.739. The smallest absolute Gasteiger partial charge is 0.160 e. The molecule has 1 aromatic heterocycles. The van der Waals surface area contributed by atoms with Crippen molar-refractivity contribution in [1.82, 2.24) is 9.97 Å². The highest BCUT2D eigenvalue weighted by Crippen LogP contribution is 2.28. The third kappa shape index (κ3) is 3.72. The average molecular weight is 351 g/mol. The standard InChI is InChI=1S/C24H21N3/c1-27(2)21-15-13-19(14-16-21)23-17-22(18-9-5-3-6-10-18)25-24(26-23)20-11-7-4-8-12-20/h3-17H,1-2H3. The molecule has 1 heterocycles. The number of aromatic nitrogens is 2. The van der Waals surface area contributed by atoms with Gasteiger partial charge < -0.3 is 4.90 Å². The van der Waals surface area contributed by atoms with Crippen LogP contribution in [0.5, 0.6) is 0 Å². The molecule has 3 nitrogen and oxygen atoms in total. The number of nitrogens with zero attached hydrogens (tertiary/aromatic N) is 3. The van der Waals surface area contributed by atoms with Crippen LogP contribution in [0.1, 0.15) is 0 Å². The first-order valence-corrected chi connectivity index (χ1v) is 8.98. The third-order valence-corrected chi connectivity index (χ3v) is 4.51. The van der Waals surface area contributed by atoms with Gasteiger partial charge in [-0.3, -0.25) is 0 Å². The van der Waals surface area contributed by atoms with Gasteiger partial charge in [-0.2, -0.15) is 0 Å². The molecule has 0 N–H and O–H groups in total. The van der Waals surface area contributed by atoms with E-state index in [0.29, 0.717) is 0 Å². The molecule has 0 bridgehead atoms. The van der Waals surface area contributed by atoms with Gasteiger partial charge in [0, 0.05) is 36.5 Å². The van der Waals surface area contributed by atoms with Gasteiger partial charge in [-0.15, -0.1) is 0 Å². The average Bonchev–Trinajstić information content (AvgIpc) is 2.75. The molecule has 3 heteroatoms. The fourth-order valence-electron chi connectivity index (χ4n) is 3.00. The SMILES string of the molecule is CN(C)c1ccc(-c2cc(-c3ccccc3)nc(-c3ccccc3)n2)cc1. The van der Waals surface area contributed by atoms with Crippen molar-refractivity contribution >= 4 is 5.69 Å². The lowest BCUT2D eigenvalue weighted by molar-refractivity contribution is 1.13.